The highest BCUT2D eigenvalue weighted by molar-refractivity contribution is 7.90. The van der Waals surface area contributed by atoms with Crippen LogP contribution >= 0.6 is 11.6 Å². The van der Waals surface area contributed by atoms with Gasteiger partial charge in [-0.1, -0.05) is 58.6 Å². The number of hydrogen-bond acceptors (Lipinski definition) is 6. The number of benzene rings is 3. The molecule has 8 nitrogen and oxygen atoms in total. The lowest BCUT2D eigenvalue weighted by atomic mass is 9.90. The molecular formula is C25H21ClF3N3O5S. The van der Waals surface area contributed by atoms with Crippen LogP contribution in [0.1, 0.15) is 17.5 Å². The van der Waals surface area contributed by atoms with Crippen molar-refractivity contribution in [2.24, 2.45) is 9.63 Å². The molecule has 3 aromatic carbocycles. The molecule has 1 heterocycles. The van der Waals surface area contributed by atoms with Crippen molar-refractivity contribution in [1.82, 2.24) is 4.90 Å². The Balaban J connectivity index is 1.55. The summed E-state index contributed by atoms with van der Waals surface area (Å²) in [5, 5.41) is 4.62. The van der Waals surface area contributed by atoms with Gasteiger partial charge >= 0.3 is 12.5 Å². The van der Waals surface area contributed by atoms with Crippen LogP contribution in [0.3, 0.4) is 0 Å². The van der Waals surface area contributed by atoms with Gasteiger partial charge in [-0.05, 0) is 53.9 Å². The average molecular weight is 568 g/mol. The Morgan fingerprint density at radius 2 is 1.66 bits per heavy atom. The van der Waals surface area contributed by atoms with Crippen LogP contribution in [0.5, 0.6) is 5.75 Å². The number of carbonyl (C=O) groups is 1. The molecule has 0 aromatic heterocycles. The number of alkyl halides is 3. The summed E-state index contributed by atoms with van der Waals surface area (Å²) in [6.45, 7) is 0.270. The number of sulfonamides is 1. The molecule has 1 atom stereocenters. The zero-order valence-electron chi connectivity index (χ0n) is 19.6. The first-order chi connectivity index (χ1) is 18.0. The molecule has 0 saturated carbocycles. The summed E-state index contributed by atoms with van der Waals surface area (Å²) >= 11 is 6.01. The van der Waals surface area contributed by atoms with Crippen molar-refractivity contribution < 1.29 is 35.9 Å². The van der Waals surface area contributed by atoms with Crippen molar-refractivity contribution in [3.8, 4) is 5.75 Å². The van der Waals surface area contributed by atoms with Crippen molar-refractivity contribution in [3.05, 3.63) is 95.0 Å². The van der Waals surface area contributed by atoms with Crippen molar-refractivity contribution in [2.75, 3.05) is 13.1 Å². The first-order valence-corrected chi connectivity index (χ1v) is 13.0. The second-order valence-corrected chi connectivity index (χ2v) is 10.4. The van der Waals surface area contributed by atoms with Gasteiger partial charge in [0, 0.05) is 11.6 Å². The Morgan fingerprint density at radius 3 is 2.29 bits per heavy atom. The summed E-state index contributed by atoms with van der Waals surface area (Å²) in [4.78, 5) is 13.8. The molecule has 0 aliphatic carbocycles. The van der Waals surface area contributed by atoms with Crippen molar-refractivity contribution in [2.45, 2.75) is 29.8 Å². The SMILES string of the molecule is O=C(OCc1ccccc1)N1CCC(N=NS(=O)(=O)c2ccc(OC(F)(F)F)cc2)(c2ccc(Cl)cc2)C1. The van der Waals surface area contributed by atoms with Gasteiger partial charge in [0.1, 0.15) is 17.9 Å². The molecule has 1 saturated heterocycles. The molecule has 1 unspecified atom stereocenters. The van der Waals surface area contributed by atoms with Gasteiger partial charge in [-0.25, -0.2) is 4.79 Å². The number of nitrogens with zero attached hydrogens (tertiary/aromatic N) is 3. The van der Waals surface area contributed by atoms with Crippen LogP contribution < -0.4 is 4.74 Å². The fourth-order valence-corrected chi connectivity index (χ4v) is 4.85. The van der Waals surface area contributed by atoms with Crippen molar-refractivity contribution >= 4 is 27.7 Å². The fourth-order valence-electron chi connectivity index (χ4n) is 3.89. The predicted molar refractivity (Wildman–Crippen MR) is 131 cm³/mol. The van der Waals surface area contributed by atoms with E-state index in [0.717, 1.165) is 29.8 Å². The molecule has 0 radical (unpaired) electrons. The van der Waals surface area contributed by atoms with Gasteiger partial charge in [-0.2, -0.15) is 13.5 Å². The van der Waals surface area contributed by atoms with E-state index in [1.54, 1.807) is 24.3 Å². The van der Waals surface area contributed by atoms with E-state index >= 15 is 0 Å². The molecule has 1 aliphatic heterocycles. The van der Waals surface area contributed by atoms with E-state index in [1.807, 2.05) is 30.3 Å². The van der Waals surface area contributed by atoms with E-state index < -0.39 is 33.8 Å². The Labute approximate surface area is 221 Å². The molecule has 38 heavy (non-hydrogen) atoms. The third-order valence-corrected chi connectivity index (χ3v) is 7.20. The van der Waals surface area contributed by atoms with E-state index in [1.165, 1.54) is 4.90 Å². The molecular weight excluding hydrogens is 547 g/mol. The molecule has 1 amide bonds. The average Bonchev–Trinajstić information content (AvgIpc) is 3.32. The summed E-state index contributed by atoms with van der Waals surface area (Å²) in [5.41, 5.74) is 0.164. The third-order valence-electron chi connectivity index (χ3n) is 5.79. The Morgan fingerprint density at radius 1 is 1.00 bits per heavy atom. The highest BCUT2D eigenvalue weighted by Gasteiger charge is 2.43. The summed E-state index contributed by atoms with van der Waals surface area (Å²) in [6.07, 6.45) is -5.27. The molecule has 0 spiro atoms. The maximum absolute atomic E-state index is 12.8. The number of likely N-dealkylation sites (tertiary alicyclic amines) is 1. The van der Waals surface area contributed by atoms with E-state index in [0.29, 0.717) is 10.6 Å². The van der Waals surface area contributed by atoms with Crippen LogP contribution in [0.4, 0.5) is 18.0 Å². The molecule has 4 rings (SSSR count). The standard InChI is InChI=1S/C25H21ClF3N3O5S/c26-20-8-6-19(7-9-20)24(14-15-32(17-24)23(33)36-16-18-4-2-1-3-5-18)30-31-38(34,35)22-12-10-21(11-13-22)37-25(27,28)29/h1-13H,14-17H2. The van der Waals surface area contributed by atoms with Crippen LogP contribution in [0.25, 0.3) is 0 Å². The third kappa shape index (κ3) is 6.81. The number of hydrogen-bond donors (Lipinski definition) is 0. The zero-order chi connectivity index (χ0) is 27.4. The number of carbonyl (C=O) groups excluding carboxylic acids is 1. The monoisotopic (exact) mass is 567 g/mol. The van der Waals surface area contributed by atoms with Crippen LogP contribution in [-0.4, -0.2) is 38.9 Å². The predicted octanol–water partition coefficient (Wildman–Crippen LogP) is 6.32. The molecule has 1 fully saturated rings. The first kappa shape index (κ1) is 27.4. The normalized spacial score (nSPS) is 18.1. The van der Waals surface area contributed by atoms with Gasteiger partial charge < -0.3 is 14.4 Å². The van der Waals surface area contributed by atoms with Crippen molar-refractivity contribution in [1.29, 1.82) is 0 Å². The topological polar surface area (TPSA) is 97.6 Å². The summed E-state index contributed by atoms with van der Waals surface area (Å²) < 4.78 is 75.6. The van der Waals surface area contributed by atoms with E-state index in [-0.39, 0.29) is 31.0 Å². The zero-order valence-corrected chi connectivity index (χ0v) is 21.2. The first-order valence-electron chi connectivity index (χ1n) is 11.2. The summed E-state index contributed by atoms with van der Waals surface area (Å²) in [6, 6.07) is 19.3. The Kier molecular flexibility index (Phi) is 7.93. The van der Waals surface area contributed by atoms with Gasteiger partial charge in [-0.15, -0.1) is 13.2 Å². The number of ether oxygens (including phenoxy) is 2. The lowest BCUT2D eigenvalue weighted by molar-refractivity contribution is -0.274. The summed E-state index contributed by atoms with van der Waals surface area (Å²) in [7, 11) is -4.39. The van der Waals surface area contributed by atoms with E-state index in [2.05, 4.69) is 14.4 Å². The quantitative estimate of drug-likeness (QED) is 0.311. The molecule has 13 heteroatoms. The number of rotatable bonds is 7. The van der Waals surface area contributed by atoms with Crippen LogP contribution in [0.15, 0.2) is 93.4 Å². The maximum Gasteiger partial charge on any atom is 0.573 e. The molecule has 0 N–H and O–H groups in total. The van der Waals surface area contributed by atoms with E-state index in [9.17, 15) is 26.4 Å². The lowest BCUT2D eigenvalue weighted by Gasteiger charge is -2.24. The smallest absolute Gasteiger partial charge is 0.445 e. The molecule has 0 bridgehead atoms. The van der Waals surface area contributed by atoms with Gasteiger partial charge in [0.2, 0.25) is 0 Å². The van der Waals surface area contributed by atoms with Gasteiger partial charge in [0.15, 0.2) is 0 Å². The second-order valence-electron chi connectivity index (χ2n) is 8.43. The van der Waals surface area contributed by atoms with Gasteiger partial charge in [-0.3, -0.25) is 0 Å². The molecule has 3 aromatic rings. The van der Waals surface area contributed by atoms with Gasteiger partial charge in [0.25, 0.3) is 10.0 Å². The van der Waals surface area contributed by atoms with Crippen molar-refractivity contribution in [3.63, 3.8) is 0 Å². The lowest BCUT2D eigenvalue weighted by Crippen LogP contribution is -2.33. The second kappa shape index (κ2) is 11.0. The molecule has 1 aliphatic rings. The highest BCUT2D eigenvalue weighted by atomic mass is 35.5. The van der Waals surface area contributed by atoms with Gasteiger partial charge in [0.05, 0.1) is 11.4 Å². The van der Waals surface area contributed by atoms with Crippen LogP contribution in [0, 0.1) is 0 Å². The fraction of sp³-hybridized carbons (Fsp3) is 0.240. The minimum absolute atomic E-state index is 0.0143. The minimum Gasteiger partial charge on any atom is -0.445 e. The number of amides is 1. The number of halogens is 4. The molecule has 200 valence electrons. The summed E-state index contributed by atoms with van der Waals surface area (Å²) in [5.74, 6) is -0.577. The highest BCUT2D eigenvalue weighted by Crippen LogP contribution is 2.38. The maximum atomic E-state index is 12.8. The Bertz CT molecular complexity index is 1400. The van der Waals surface area contributed by atoms with Crippen LogP contribution in [-0.2, 0) is 26.9 Å². The van der Waals surface area contributed by atoms with Crippen LogP contribution in [0.2, 0.25) is 5.02 Å². The Hall–Kier alpha value is -3.64. The van der Waals surface area contributed by atoms with E-state index in [4.69, 9.17) is 16.3 Å². The minimum atomic E-state index is -4.92. The largest absolute Gasteiger partial charge is 0.573 e.